The number of nitrogens with zero attached hydrogens (tertiary/aromatic N) is 1. The van der Waals surface area contributed by atoms with E-state index in [0.29, 0.717) is 17.1 Å². The minimum atomic E-state index is -0.614. The zero-order valence-electron chi connectivity index (χ0n) is 10.8. The number of hydrogen-bond donors (Lipinski definition) is 2. The van der Waals surface area contributed by atoms with Crippen molar-refractivity contribution in [3.05, 3.63) is 41.9 Å². The van der Waals surface area contributed by atoms with Gasteiger partial charge in [-0.3, -0.25) is 0 Å². The lowest BCUT2D eigenvalue weighted by Crippen LogP contribution is -2.11. The largest absolute Gasteiger partial charge is 0.341 e. The van der Waals surface area contributed by atoms with Gasteiger partial charge in [-0.25, -0.2) is 13.8 Å². The molecule has 102 valence electrons. The van der Waals surface area contributed by atoms with Gasteiger partial charge in [-0.05, 0) is 18.6 Å². The van der Waals surface area contributed by atoms with Gasteiger partial charge in [0.05, 0.1) is 17.9 Å². The van der Waals surface area contributed by atoms with E-state index >= 15 is 0 Å². The molecule has 1 atom stereocenters. The summed E-state index contributed by atoms with van der Waals surface area (Å²) in [6, 6.07) is 3.28. The molecule has 0 aliphatic rings. The highest BCUT2D eigenvalue weighted by Crippen LogP contribution is 2.23. The van der Waals surface area contributed by atoms with Crippen LogP contribution in [0.15, 0.2) is 24.4 Å². The standard InChI is InChI=1S/C14H17F2N3/c1-2-3-4-12(17)14-18-8-13(19-14)10-6-5-9(15)7-11(10)16/h5-8,12H,2-4,17H2,1H3,(H,18,19). The summed E-state index contributed by atoms with van der Waals surface area (Å²) in [5.41, 5.74) is 6.79. The Labute approximate surface area is 110 Å². The smallest absolute Gasteiger partial charge is 0.135 e. The third-order valence-corrected chi connectivity index (χ3v) is 3.04. The molecule has 0 saturated heterocycles. The second-order valence-electron chi connectivity index (χ2n) is 4.56. The SMILES string of the molecule is CCCCC(N)c1ncc(-c2ccc(F)cc2F)[nH]1. The second-order valence-corrected chi connectivity index (χ2v) is 4.56. The molecular formula is C14H17F2N3. The highest BCUT2D eigenvalue weighted by atomic mass is 19.1. The molecule has 1 unspecified atom stereocenters. The monoisotopic (exact) mass is 265 g/mol. The topological polar surface area (TPSA) is 54.7 Å². The van der Waals surface area contributed by atoms with Gasteiger partial charge in [-0.15, -0.1) is 0 Å². The average molecular weight is 265 g/mol. The van der Waals surface area contributed by atoms with Crippen LogP contribution >= 0.6 is 0 Å². The van der Waals surface area contributed by atoms with Crippen molar-refractivity contribution in [1.82, 2.24) is 9.97 Å². The van der Waals surface area contributed by atoms with Crippen LogP contribution in [-0.2, 0) is 0 Å². The number of aromatic nitrogens is 2. The van der Waals surface area contributed by atoms with Crippen LogP contribution in [-0.4, -0.2) is 9.97 Å². The molecule has 0 bridgehead atoms. The van der Waals surface area contributed by atoms with E-state index in [1.165, 1.54) is 18.3 Å². The fraction of sp³-hybridized carbons (Fsp3) is 0.357. The quantitative estimate of drug-likeness (QED) is 0.868. The van der Waals surface area contributed by atoms with Gasteiger partial charge in [-0.2, -0.15) is 0 Å². The summed E-state index contributed by atoms with van der Waals surface area (Å²) in [5.74, 6) is -0.579. The molecule has 2 rings (SSSR count). The van der Waals surface area contributed by atoms with E-state index in [9.17, 15) is 8.78 Å². The van der Waals surface area contributed by atoms with Gasteiger partial charge in [0.1, 0.15) is 17.5 Å². The number of nitrogens with one attached hydrogen (secondary N) is 1. The molecule has 0 radical (unpaired) electrons. The van der Waals surface area contributed by atoms with Gasteiger partial charge in [0.15, 0.2) is 0 Å². The zero-order valence-corrected chi connectivity index (χ0v) is 10.8. The highest BCUT2D eigenvalue weighted by molar-refractivity contribution is 5.59. The summed E-state index contributed by atoms with van der Waals surface area (Å²) >= 11 is 0. The van der Waals surface area contributed by atoms with Crippen LogP contribution in [0.25, 0.3) is 11.3 Å². The third-order valence-electron chi connectivity index (χ3n) is 3.04. The number of unbranched alkanes of at least 4 members (excludes halogenated alkanes) is 1. The summed E-state index contributed by atoms with van der Waals surface area (Å²) in [4.78, 5) is 7.17. The first-order valence-corrected chi connectivity index (χ1v) is 6.37. The lowest BCUT2D eigenvalue weighted by atomic mass is 10.1. The van der Waals surface area contributed by atoms with Crippen LogP contribution < -0.4 is 5.73 Å². The number of hydrogen-bond acceptors (Lipinski definition) is 2. The Balaban J connectivity index is 2.20. The first-order valence-electron chi connectivity index (χ1n) is 6.37. The Morgan fingerprint density at radius 1 is 1.37 bits per heavy atom. The summed E-state index contributed by atoms with van der Waals surface area (Å²) in [5, 5.41) is 0. The van der Waals surface area contributed by atoms with Crippen LogP contribution in [0.4, 0.5) is 8.78 Å². The van der Waals surface area contributed by atoms with Crippen molar-refractivity contribution in [2.24, 2.45) is 5.73 Å². The molecule has 3 N–H and O–H groups in total. The van der Waals surface area contributed by atoms with Gasteiger partial charge >= 0.3 is 0 Å². The number of rotatable bonds is 5. The van der Waals surface area contributed by atoms with E-state index in [-0.39, 0.29) is 6.04 Å². The Kier molecular flexibility index (Phi) is 4.27. The Morgan fingerprint density at radius 3 is 2.84 bits per heavy atom. The molecule has 5 heteroatoms. The maximum atomic E-state index is 13.6. The number of nitrogens with two attached hydrogens (primary N) is 1. The summed E-state index contributed by atoms with van der Waals surface area (Å²) < 4.78 is 26.5. The molecule has 0 amide bonds. The van der Waals surface area contributed by atoms with Crippen molar-refractivity contribution in [3.8, 4) is 11.3 Å². The van der Waals surface area contributed by atoms with E-state index < -0.39 is 11.6 Å². The van der Waals surface area contributed by atoms with Gasteiger partial charge in [0.25, 0.3) is 0 Å². The summed E-state index contributed by atoms with van der Waals surface area (Å²) in [7, 11) is 0. The molecule has 0 spiro atoms. The minimum absolute atomic E-state index is 0.183. The van der Waals surface area contributed by atoms with Crippen molar-refractivity contribution in [2.45, 2.75) is 32.2 Å². The first kappa shape index (κ1) is 13.7. The van der Waals surface area contributed by atoms with Crippen LogP contribution in [0.1, 0.15) is 38.1 Å². The molecule has 1 aromatic heterocycles. The van der Waals surface area contributed by atoms with Gasteiger partial charge in [0, 0.05) is 11.6 Å². The Hall–Kier alpha value is -1.75. The van der Waals surface area contributed by atoms with E-state index in [1.54, 1.807) is 0 Å². The fourth-order valence-electron chi connectivity index (χ4n) is 1.93. The molecular weight excluding hydrogens is 248 g/mol. The second kappa shape index (κ2) is 5.93. The van der Waals surface area contributed by atoms with E-state index in [0.717, 1.165) is 25.3 Å². The molecule has 2 aromatic rings. The van der Waals surface area contributed by atoms with Crippen LogP contribution in [0.3, 0.4) is 0 Å². The van der Waals surface area contributed by atoms with E-state index in [4.69, 9.17) is 5.73 Å². The minimum Gasteiger partial charge on any atom is -0.341 e. The molecule has 3 nitrogen and oxygen atoms in total. The molecule has 1 heterocycles. The number of imidazole rings is 1. The van der Waals surface area contributed by atoms with Gasteiger partial charge in [-0.1, -0.05) is 19.8 Å². The number of benzene rings is 1. The molecule has 19 heavy (non-hydrogen) atoms. The maximum absolute atomic E-state index is 13.6. The van der Waals surface area contributed by atoms with Crippen LogP contribution in [0.5, 0.6) is 0 Å². The van der Waals surface area contributed by atoms with Crippen molar-refractivity contribution in [1.29, 1.82) is 0 Å². The molecule has 0 aliphatic heterocycles. The fourth-order valence-corrected chi connectivity index (χ4v) is 1.93. The van der Waals surface area contributed by atoms with E-state index in [2.05, 4.69) is 16.9 Å². The lowest BCUT2D eigenvalue weighted by molar-refractivity contribution is 0.579. The Bertz CT molecular complexity index is 551. The average Bonchev–Trinajstić information content (AvgIpc) is 2.85. The molecule has 0 fully saturated rings. The maximum Gasteiger partial charge on any atom is 0.135 e. The van der Waals surface area contributed by atoms with Crippen molar-refractivity contribution in [3.63, 3.8) is 0 Å². The summed E-state index contributed by atoms with van der Waals surface area (Å²) in [6.45, 7) is 2.09. The Morgan fingerprint density at radius 2 is 2.16 bits per heavy atom. The third kappa shape index (κ3) is 3.17. The lowest BCUT2D eigenvalue weighted by Gasteiger charge is -2.07. The van der Waals surface area contributed by atoms with Gasteiger partial charge < -0.3 is 10.7 Å². The van der Waals surface area contributed by atoms with E-state index in [1.807, 2.05) is 0 Å². The molecule has 1 aromatic carbocycles. The number of H-pyrrole nitrogens is 1. The summed E-state index contributed by atoms with van der Waals surface area (Å²) in [6.07, 6.45) is 4.43. The normalized spacial score (nSPS) is 12.6. The van der Waals surface area contributed by atoms with Gasteiger partial charge in [0.2, 0.25) is 0 Å². The first-order chi connectivity index (χ1) is 9.11. The predicted octanol–water partition coefficient (Wildman–Crippen LogP) is 3.54. The van der Waals surface area contributed by atoms with Crippen LogP contribution in [0, 0.1) is 11.6 Å². The number of aromatic amines is 1. The predicted molar refractivity (Wildman–Crippen MR) is 70.4 cm³/mol. The van der Waals surface area contributed by atoms with Crippen LogP contribution in [0.2, 0.25) is 0 Å². The highest BCUT2D eigenvalue weighted by Gasteiger charge is 2.13. The van der Waals surface area contributed by atoms with Crippen molar-refractivity contribution < 1.29 is 8.78 Å². The zero-order chi connectivity index (χ0) is 13.8. The molecule has 0 saturated carbocycles. The van der Waals surface area contributed by atoms with Crippen molar-refractivity contribution in [2.75, 3.05) is 0 Å². The van der Waals surface area contributed by atoms with Crippen molar-refractivity contribution >= 4 is 0 Å². The molecule has 0 aliphatic carbocycles. The number of halogens is 2.